The molecule has 2 nitrogen and oxygen atoms in total. The normalized spacial score (nSPS) is 36.1. The second-order valence-electron chi connectivity index (χ2n) is 14.1. The minimum Gasteiger partial charge on any atom is -0.393 e. The maximum absolute atomic E-state index is 14.2. The fourth-order valence-corrected chi connectivity index (χ4v) is 10.4. The highest BCUT2D eigenvalue weighted by molar-refractivity contribution is 6.23. The predicted octanol–water partition coefficient (Wildman–Crippen LogP) is 8.64. The number of carbonyl (C=O) groups excluding carboxylic acids is 1. The predicted molar refractivity (Wildman–Crippen MR) is 160 cm³/mol. The molecular weight excluding hydrogens is 476 g/mol. The topological polar surface area (TPSA) is 37.3 Å². The van der Waals surface area contributed by atoms with Gasteiger partial charge in [-0.15, -0.1) is 0 Å². The van der Waals surface area contributed by atoms with Crippen molar-refractivity contribution in [1.29, 1.82) is 0 Å². The van der Waals surface area contributed by atoms with Crippen molar-refractivity contribution < 1.29 is 9.90 Å². The van der Waals surface area contributed by atoms with Gasteiger partial charge in [0.25, 0.3) is 0 Å². The molecule has 4 aliphatic carbocycles. The number of aliphatic hydroxyl groups is 1. The van der Waals surface area contributed by atoms with Gasteiger partial charge in [-0.05, 0) is 118 Å². The summed E-state index contributed by atoms with van der Waals surface area (Å²) in [4.78, 5) is 14.2. The summed E-state index contributed by atoms with van der Waals surface area (Å²) >= 11 is 0. The fourth-order valence-electron chi connectivity index (χ4n) is 10.4. The standard InChI is InChI=1S/C37H40O2/c1-36-18-16-27(38)21-26(36)11-13-29-30-14-15-32(37(30,2)19-17-31(29)36)33(39)20-25-9-8-24-7-6-22-4-3-5-23-10-12-28(25)35(24)34(22)23/h3-12,27,29-32,38H,13-21H2,1-2H3/t27-,29-,30-,31-,32+,36-,37-/m0/s1. The van der Waals surface area contributed by atoms with Crippen molar-refractivity contribution in [1.82, 2.24) is 0 Å². The third-order valence-corrected chi connectivity index (χ3v) is 12.5. The van der Waals surface area contributed by atoms with E-state index in [1.165, 1.54) is 62.7 Å². The van der Waals surface area contributed by atoms with E-state index in [2.05, 4.69) is 74.5 Å². The van der Waals surface area contributed by atoms with Crippen molar-refractivity contribution in [3.63, 3.8) is 0 Å². The molecule has 8 rings (SSSR count). The minimum absolute atomic E-state index is 0.123. The first kappa shape index (κ1) is 24.1. The molecule has 3 saturated carbocycles. The summed E-state index contributed by atoms with van der Waals surface area (Å²) in [6, 6.07) is 19.9. The second-order valence-corrected chi connectivity index (χ2v) is 14.1. The molecule has 3 fully saturated rings. The average Bonchev–Trinajstić information content (AvgIpc) is 3.30. The van der Waals surface area contributed by atoms with Crippen LogP contribution in [0.25, 0.3) is 32.3 Å². The molecule has 0 unspecified atom stereocenters. The van der Waals surface area contributed by atoms with E-state index < -0.39 is 0 Å². The van der Waals surface area contributed by atoms with Crippen LogP contribution < -0.4 is 0 Å². The number of fused-ring (bicyclic) bond motifs is 5. The van der Waals surface area contributed by atoms with E-state index >= 15 is 0 Å². The molecule has 0 radical (unpaired) electrons. The molecule has 0 aliphatic heterocycles. The SMILES string of the molecule is C[C@]12CC[C@H]3[C@@H](CC=C4C[C@@H](O)CC[C@@]43C)[C@@H]1CC[C@@H]2C(=O)Cc1ccc2ccc3cccc4ccc1c2c34. The van der Waals surface area contributed by atoms with Crippen LogP contribution in [0.5, 0.6) is 0 Å². The monoisotopic (exact) mass is 516 g/mol. The number of carbonyl (C=O) groups is 1. The highest BCUT2D eigenvalue weighted by Gasteiger charge is 2.59. The van der Waals surface area contributed by atoms with Crippen molar-refractivity contribution in [2.24, 2.45) is 34.5 Å². The zero-order chi connectivity index (χ0) is 26.5. The molecule has 0 aromatic heterocycles. The molecule has 4 aromatic carbocycles. The van der Waals surface area contributed by atoms with Gasteiger partial charge in [-0.3, -0.25) is 4.79 Å². The van der Waals surface area contributed by atoms with E-state index in [-0.39, 0.29) is 22.9 Å². The summed E-state index contributed by atoms with van der Waals surface area (Å²) < 4.78 is 0. The molecule has 1 N–H and O–H groups in total. The number of ketones is 1. The maximum Gasteiger partial charge on any atom is 0.140 e. The van der Waals surface area contributed by atoms with Crippen molar-refractivity contribution >= 4 is 38.1 Å². The smallest absolute Gasteiger partial charge is 0.140 e. The van der Waals surface area contributed by atoms with Crippen LogP contribution in [0.2, 0.25) is 0 Å². The molecule has 0 heterocycles. The van der Waals surface area contributed by atoms with Gasteiger partial charge in [0, 0.05) is 12.3 Å². The van der Waals surface area contributed by atoms with Gasteiger partial charge in [0.05, 0.1) is 6.10 Å². The summed E-state index contributed by atoms with van der Waals surface area (Å²) in [5, 5.41) is 18.1. The molecule has 0 spiro atoms. The molecule has 7 atom stereocenters. The first-order valence-electron chi connectivity index (χ1n) is 15.4. The van der Waals surface area contributed by atoms with Crippen molar-refractivity contribution in [2.45, 2.75) is 77.7 Å². The van der Waals surface area contributed by atoms with Crippen LogP contribution in [-0.2, 0) is 11.2 Å². The summed E-state index contributed by atoms with van der Waals surface area (Å²) in [5.74, 6) is 2.70. The van der Waals surface area contributed by atoms with Crippen molar-refractivity contribution in [3.05, 3.63) is 71.8 Å². The molecule has 4 aliphatic rings. The Hall–Kier alpha value is -2.71. The second kappa shape index (κ2) is 8.40. The van der Waals surface area contributed by atoms with Gasteiger partial charge in [-0.1, -0.05) is 80.1 Å². The molecule has 0 bridgehead atoms. The Labute approximate surface area is 231 Å². The fraction of sp³-hybridized carbons (Fsp3) is 0.486. The summed E-state index contributed by atoms with van der Waals surface area (Å²) in [6.45, 7) is 4.97. The highest BCUT2D eigenvalue weighted by atomic mass is 16.3. The van der Waals surface area contributed by atoms with Crippen LogP contribution in [0.4, 0.5) is 0 Å². The van der Waals surface area contributed by atoms with Gasteiger partial charge in [0.1, 0.15) is 5.78 Å². The van der Waals surface area contributed by atoms with E-state index in [1.54, 1.807) is 0 Å². The molecule has 4 aromatic rings. The Balaban J connectivity index is 1.10. The quantitative estimate of drug-likeness (QED) is 0.219. The number of rotatable bonds is 3. The van der Waals surface area contributed by atoms with Crippen molar-refractivity contribution in [3.8, 4) is 0 Å². The zero-order valence-corrected chi connectivity index (χ0v) is 23.4. The van der Waals surface area contributed by atoms with Gasteiger partial charge < -0.3 is 5.11 Å². The highest BCUT2D eigenvalue weighted by Crippen LogP contribution is 2.66. The lowest BCUT2D eigenvalue weighted by Crippen LogP contribution is -2.51. The summed E-state index contributed by atoms with van der Waals surface area (Å²) in [5.41, 5.74) is 3.11. The van der Waals surface area contributed by atoms with E-state index in [4.69, 9.17) is 0 Å². The Kier molecular flexibility index (Phi) is 5.19. The van der Waals surface area contributed by atoms with Crippen LogP contribution in [0.1, 0.15) is 70.8 Å². The van der Waals surface area contributed by atoms with E-state index in [9.17, 15) is 9.90 Å². The van der Waals surface area contributed by atoms with Crippen LogP contribution in [0, 0.1) is 34.5 Å². The van der Waals surface area contributed by atoms with Crippen LogP contribution in [0.15, 0.2) is 66.2 Å². The molecular formula is C37H40O2. The van der Waals surface area contributed by atoms with Gasteiger partial charge in [-0.25, -0.2) is 0 Å². The number of aliphatic hydroxyl groups excluding tert-OH is 1. The molecule has 200 valence electrons. The van der Waals surface area contributed by atoms with Crippen LogP contribution in [0.3, 0.4) is 0 Å². The average molecular weight is 517 g/mol. The molecule has 0 saturated heterocycles. The summed E-state index contributed by atoms with van der Waals surface area (Å²) in [6.07, 6.45) is 11.7. The Bertz CT molecular complexity index is 1630. The van der Waals surface area contributed by atoms with Gasteiger partial charge in [0.2, 0.25) is 0 Å². The number of hydrogen-bond donors (Lipinski definition) is 1. The summed E-state index contributed by atoms with van der Waals surface area (Å²) in [7, 11) is 0. The third-order valence-electron chi connectivity index (χ3n) is 12.5. The van der Waals surface area contributed by atoms with Crippen molar-refractivity contribution in [2.75, 3.05) is 0 Å². The Morgan fingerprint density at radius 2 is 1.59 bits per heavy atom. The number of benzene rings is 4. The number of Topliss-reactive ketones (excluding diaryl/α,β-unsaturated/α-hetero) is 1. The number of hydrogen-bond acceptors (Lipinski definition) is 2. The molecule has 2 heteroatoms. The van der Waals surface area contributed by atoms with E-state index in [1.807, 2.05) is 0 Å². The maximum atomic E-state index is 14.2. The number of allylic oxidation sites excluding steroid dienone is 1. The first-order valence-corrected chi connectivity index (χ1v) is 15.4. The van der Waals surface area contributed by atoms with Gasteiger partial charge in [-0.2, -0.15) is 0 Å². The lowest BCUT2D eigenvalue weighted by atomic mass is 9.47. The van der Waals surface area contributed by atoms with E-state index in [0.717, 1.165) is 38.0 Å². The molecule has 39 heavy (non-hydrogen) atoms. The van der Waals surface area contributed by atoms with Crippen LogP contribution in [-0.4, -0.2) is 17.0 Å². The van der Waals surface area contributed by atoms with Gasteiger partial charge in [0.15, 0.2) is 0 Å². The van der Waals surface area contributed by atoms with Gasteiger partial charge >= 0.3 is 0 Å². The lowest BCUT2D eigenvalue weighted by molar-refractivity contribution is -0.129. The molecule has 0 amide bonds. The third kappa shape index (κ3) is 3.34. The Morgan fingerprint density at radius 1 is 0.846 bits per heavy atom. The van der Waals surface area contributed by atoms with Crippen LogP contribution >= 0.6 is 0 Å². The minimum atomic E-state index is -0.150. The lowest BCUT2D eigenvalue weighted by Gasteiger charge is -2.58. The largest absolute Gasteiger partial charge is 0.393 e. The zero-order valence-electron chi connectivity index (χ0n) is 23.4. The Morgan fingerprint density at radius 3 is 2.41 bits per heavy atom. The van der Waals surface area contributed by atoms with E-state index in [0.29, 0.717) is 24.0 Å². The first-order chi connectivity index (χ1) is 18.9.